The Kier molecular flexibility index (Phi) is 2.74. The molecular formula is C14H18N2O2. The fraction of sp³-hybridized carbons (Fsp3) is 0.500. The van der Waals surface area contributed by atoms with E-state index in [1.807, 2.05) is 36.1 Å². The molecule has 2 heterocycles. The highest BCUT2D eigenvalue weighted by molar-refractivity contribution is 5.92. The van der Waals surface area contributed by atoms with Crippen LogP contribution in [0.5, 0.6) is 0 Å². The molecule has 0 radical (unpaired) electrons. The van der Waals surface area contributed by atoms with Crippen molar-refractivity contribution in [1.29, 1.82) is 0 Å². The van der Waals surface area contributed by atoms with Gasteiger partial charge in [0, 0.05) is 0 Å². The van der Waals surface area contributed by atoms with Gasteiger partial charge in [-0.25, -0.2) is 4.79 Å². The Morgan fingerprint density at radius 2 is 2.00 bits per heavy atom. The molecule has 2 fully saturated rings. The summed E-state index contributed by atoms with van der Waals surface area (Å²) in [6.45, 7) is 4.44. The van der Waals surface area contributed by atoms with Gasteiger partial charge < -0.3 is 10.1 Å². The number of cyclic esters (lactones) is 1. The van der Waals surface area contributed by atoms with E-state index < -0.39 is 0 Å². The lowest BCUT2D eigenvalue weighted by atomic mass is 9.87. The first kappa shape index (κ1) is 11.5. The van der Waals surface area contributed by atoms with Gasteiger partial charge in [-0.05, 0) is 44.5 Å². The number of rotatable bonds is 1. The van der Waals surface area contributed by atoms with Gasteiger partial charge in [-0.1, -0.05) is 18.2 Å². The van der Waals surface area contributed by atoms with Crippen molar-refractivity contribution in [3.8, 4) is 0 Å². The number of para-hydroxylation sites is 1. The Hall–Kier alpha value is -1.55. The van der Waals surface area contributed by atoms with Crippen molar-refractivity contribution < 1.29 is 9.53 Å². The molecule has 1 aromatic rings. The number of amides is 1. The van der Waals surface area contributed by atoms with Gasteiger partial charge in [0.1, 0.15) is 6.61 Å². The highest BCUT2D eigenvalue weighted by Crippen LogP contribution is 2.38. The van der Waals surface area contributed by atoms with Crippen molar-refractivity contribution >= 4 is 11.8 Å². The first-order chi connectivity index (χ1) is 8.73. The summed E-state index contributed by atoms with van der Waals surface area (Å²) >= 11 is 0. The van der Waals surface area contributed by atoms with Gasteiger partial charge in [0.2, 0.25) is 0 Å². The Labute approximate surface area is 107 Å². The molecule has 2 aliphatic rings. The Morgan fingerprint density at radius 3 is 2.72 bits per heavy atom. The molecule has 1 spiro atoms. The number of hydrogen-bond donors (Lipinski definition) is 1. The number of benzene rings is 1. The van der Waals surface area contributed by atoms with Crippen LogP contribution in [-0.4, -0.2) is 31.3 Å². The van der Waals surface area contributed by atoms with Gasteiger partial charge in [-0.3, -0.25) is 4.90 Å². The number of hydrogen-bond acceptors (Lipinski definition) is 3. The number of piperidine rings is 1. The second-order valence-corrected chi connectivity index (χ2v) is 5.15. The topological polar surface area (TPSA) is 41.6 Å². The minimum atomic E-state index is -0.203. The molecule has 0 saturated carbocycles. The number of aryl methyl sites for hydroxylation is 1. The predicted octanol–water partition coefficient (Wildman–Crippen LogP) is 2.07. The maximum absolute atomic E-state index is 12.1. The quantitative estimate of drug-likeness (QED) is 0.824. The van der Waals surface area contributed by atoms with E-state index in [4.69, 9.17) is 4.74 Å². The van der Waals surface area contributed by atoms with Crippen molar-refractivity contribution in [2.45, 2.75) is 25.3 Å². The Balaban J connectivity index is 2.02. The van der Waals surface area contributed by atoms with Crippen LogP contribution in [-0.2, 0) is 4.74 Å². The molecule has 0 aromatic heterocycles. The van der Waals surface area contributed by atoms with Crippen molar-refractivity contribution in [2.24, 2.45) is 0 Å². The normalized spacial score (nSPS) is 22.3. The van der Waals surface area contributed by atoms with Crippen LogP contribution in [0, 0.1) is 6.92 Å². The molecule has 0 unspecified atom stereocenters. The fourth-order valence-electron chi connectivity index (χ4n) is 2.95. The lowest BCUT2D eigenvalue weighted by Gasteiger charge is -2.39. The Morgan fingerprint density at radius 1 is 1.28 bits per heavy atom. The molecule has 3 rings (SSSR count). The number of nitrogens with one attached hydrogen (secondary N) is 1. The largest absolute Gasteiger partial charge is 0.447 e. The smallest absolute Gasteiger partial charge is 0.415 e. The second-order valence-electron chi connectivity index (χ2n) is 5.15. The molecule has 1 amide bonds. The number of carbonyl (C=O) groups excluding carboxylic acids is 1. The van der Waals surface area contributed by atoms with Crippen LogP contribution in [0.15, 0.2) is 24.3 Å². The van der Waals surface area contributed by atoms with Crippen molar-refractivity contribution in [1.82, 2.24) is 5.32 Å². The summed E-state index contributed by atoms with van der Waals surface area (Å²) in [5.41, 5.74) is 1.96. The molecule has 2 saturated heterocycles. The SMILES string of the molecule is Cc1ccccc1N1C(=O)OCC12CCNCC2. The van der Waals surface area contributed by atoms with Crippen molar-refractivity contribution in [3.63, 3.8) is 0 Å². The highest BCUT2D eigenvalue weighted by Gasteiger charge is 2.48. The summed E-state index contributed by atoms with van der Waals surface area (Å²) in [6, 6.07) is 8.01. The van der Waals surface area contributed by atoms with Crippen LogP contribution in [0.1, 0.15) is 18.4 Å². The summed E-state index contributed by atoms with van der Waals surface area (Å²) in [7, 11) is 0. The number of ether oxygens (including phenoxy) is 1. The van der Waals surface area contributed by atoms with E-state index in [-0.39, 0.29) is 11.6 Å². The summed E-state index contributed by atoms with van der Waals surface area (Å²) in [5, 5.41) is 3.34. The molecule has 4 heteroatoms. The van der Waals surface area contributed by atoms with Gasteiger partial charge in [0.15, 0.2) is 0 Å². The maximum atomic E-state index is 12.1. The number of carbonyl (C=O) groups is 1. The zero-order valence-electron chi connectivity index (χ0n) is 10.6. The van der Waals surface area contributed by atoms with Gasteiger partial charge in [-0.2, -0.15) is 0 Å². The van der Waals surface area contributed by atoms with E-state index in [1.54, 1.807) is 0 Å². The third-order valence-electron chi connectivity index (χ3n) is 4.01. The third kappa shape index (κ3) is 1.68. The zero-order chi connectivity index (χ0) is 12.6. The molecule has 0 atom stereocenters. The number of anilines is 1. The van der Waals surface area contributed by atoms with E-state index >= 15 is 0 Å². The first-order valence-electron chi connectivity index (χ1n) is 6.46. The van der Waals surface area contributed by atoms with Crippen LogP contribution in [0.4, 0.5) is 10.5 Å². The average Bonchev–Trinajstić information content (AvgIpc) is 2.69. The molecule has 4 nitrogen and oxygen atoms in total. The average molecular weight is 246 g/mol. The van der Waals surface area contributed by atoms with Crippen molar-refractivity contribution in [2.75, 3.05) is 24.6 Å². The van der Waals surface area contributed by atoms with Crippen LogP contribution in [0.25, 0.3) is 0 Å². The second kappa shape index (κ2) is 4.28. The lowest BCUT2D eigenvalue weighted by Crippen LogP contribution is -2.54. The lowest BCUT2D eigenvalue weighted by molar-refractivity contribution is 0.167. The van der Waals surface area contributed by atoms with E-state index in [2.05, 4.69) is 5.32 Å². The predicted molar refractivity (Wildman–Crippen MR) is 69.8 cm³/mol. The number of nitrogens with zero attached hydrogens (tertiary/aromatic N) is 1. The molecule has 18 heavy (non-hydrogen) atoms. The van der Waals surface area contributed by atoms with E-state index in [1.165, 1.54) is 0 Å². The molecular weight excluding hydrogens is 228 g/mol. The molecule has 0 aliphatic carbocycles. The zero-order valence-corrected chi connectivity index (χ0v) is 10.6. The van der Waals surface area contributed by atoms with Crippen LogP contribution in [0.2, 0.25) is 0 Å². The molecule has 96 valence electrons. The van der Waals surface area contributed by atoms with Crippen LogP contribution >= 0.6 is 0 Å². The first-order valence-corrected chi connectivity index (χ1v) is 6.46. The third-order valence-corrected chi connectivity index (χ3v) is 4.01. The minimum absolute atomic E-state index is 0.144. The highest BCUT2D eigenvalue weighted by atomic mass is 16.6. The van der Waals surface area contributed by atoms with Crippen molar-refractivity contribution in [3.05, 3.63) is 29.8 Å². The fourth-order valence-corrected chi connectivity index (χ4v) is 2.95. The standard InChI is InChI=1S/C14H18N2O2/c1-11-4-2-3-5-12(11)16-13(17)18-10-14(16)6-8-15-9-7-14/h2-5,15H,6-10H2,1H3. The summed E-state index contributed by atoms with van der Waals surface area (Å²) in [4.78, 5) is 14.0. The monoisotopic (exact) mass is 246 g/mol. The Bertz CT molecular complexity index is 467. The summed E-state index contributed by atoms with van der Waals surface area (Å²) in [5.74, 6) is 0. The molecule has 1 aromatic carbocycles. The van der Waals surface area contributed by atoms with E-state index in [0.29, 0.717) is 6.61 Å². The minimum Gasteiger partial charge on any atom is -0.447 e. The maximum Gasteiger partial charge on any atom is 0.415 e. The summed E-state index contributed by atoms with van der Waals surface area (Å²) in [6.07, 6.45) is 1.70. The van der Waals surface area contributed by atoms with Gasteiger partial charge >= 0.3 is 6.09 Å². The van der Waals surface area contributed by atoms with Crippen LogP contribution < -0.4 is 10.2 Å². The molecule has 2 aliphatic heterocycles. The van der Waals surface area contributed by atoms with Gasteiger partial charge in [0.25, 0.3) is 0 Å². The summed E-state index contributed by atoms with van der Waals surface area (Å²) < 4.78 is 5.33. The van der Waals surface area contributed by atoms with Crippen LogP contribution in [0.3, 0.4) is 0 Å². The van der Waals surface area contributed by atoms with E-state index in [9.17, 15) is 4.79 Å². The molecule has 0 bridgehead atoms. The van der Waals surface area contributed by atoms with E-state index in [0.717, 1.165) is 37.2 Å². The van der Waals surface area contributed by atoms with Gasteiger partial charge in [0.05, 0.1) is 11.2 Å². The molecule has 1 N–H and O–H groups in total. The van der Waals surface area contributed by atoms with Gasteiger partial charge in [-0.15, -0.1) is 0 Å².